The van der Waals surface area contributed by atoms with Crippen LogP contribution in [0.25, 0.3) is 0 Å². The summed E-state index contributed by atoms with van der Waals surface area (Å²) in [6.45, 7) is 0. The van der Waals surface area contributed by atoms with E-state index in [-0.39, 0.29) is 17.1 Å². The number of ether oxygens (including phenoxy) is 1. The fourth-order valence-corrected chi connectivity index (χ4v) is 3.63. The number of pyridine rings is 1. The highest BCUT2D eigenvalue weighted by molar-refractivity contribution is 9.10. The van der Waals surface area contributed by atoms with Crippen molar-refractivity contribution >= 4 is 25.8 Å². The van der Waals surface area contributed by atoms with E-state index in [1.54, 1.807) is 24.3 Å². The fourth-order valence-electron chi connectivity index (χ4n) is 1.98. The number of allylic oxidation sites excluding steroid dienone is 1. The molecule has 1 aliphatic rings. The van der Waals surface area contributed by atoms with Gasteiger partial charge in [0.1, 0.15) is 21.2 Å². The van der Waals surface area contributed by atoms with Crippen molar-refractivity contribution in [3.8, 4) is 6.07 Å². The quantitative estimate of drug-likeness (QED) is 0.767. The van der Waals surface area contributed by atoms with E-state index < -0.39 is 15.4 Å². The van der Waals surface area contributed by atoms with Crippen LogP contribution in [0.2, 0.25) is 0 Å². The predicted molar refractivity (Wildman–Crippen MR) is 72.7 cm³/mol. The van der Waals surface area contributed by atoms with Crippen LogP contribution in [0.4, 0.5) is 0 Å². The lowest BCUT2D eigenvalue weighted by Gasteiger charge is -2.32. The first kappa shape index (κ1) is 14.2. The monoisotopic (exact) mass is 342 g/mol. The molecule has 0 aromatic carbocycles. The third kappa shape index (κ3) is 2.56. The molecule has 2 heterocycles. The molecule has 1 aromatic rings. The number of halogens is 1. The van der Waals surface area contributed by atoms with Crippen LogP contribution >= 0.6 is 15.9 Å². The van der Waals surface area contributed by atoms with Crippen LogP contribution in [0, 0.1) is 11.3 Å². The van der Waals surface area contributed by atoms with Gasteiger partial charge in [-0.2, -0.15) is 5.26 Å². The normalized spacial score (nSPS) is 25.4. The molecule has 0 radical (unpaired) electrons. The van der Waals surface area contributed by atoms with Crippen molar-refractivity contribution in [1.82, 2.24) is 4.98 Å². The van der Waals surface area contributed by atoms with Crippen LogP contribution in [0.5, 0.6) is 0 Å². The minimum absolute atomic E-state index is 0.131. The Morgan fingerprint density at radius 3 is 2.84 bits per heavy atom. The third-order valence-electron chi connectivity index (χ3n) is 3.06. The number of hydrogen-bond donors (Lipinski definition) is 0. The third-order valence-corrected chi connectivity index (χ3v) is 5.13. The summed E-state index contributed by atoms with van der Waals surface area (Å²) >= 11 is 3.27. The summed E-state index contributed by atoms with van der Waals surface area (Å²) in [6.07, 6.45) is 1.58. The Hall–Kier alpha value is -1.23. The zero-order valence-electron chi connectivity index (χ0n) is 10.1. The number of hydrogen-bond acceptors (Lipinski definition) is 5. The highest BCUT2D eigenvalue weighted by atomic mass is 79.9. The Morgan fingerprint density at radius 2 is 2.26 bits per heavy atom. The maximum atomic E-state index is 11.7. The number of rotatable bonds is 2. The number of nitriles is 1. The van der Waals surface area contributed by atoms with Gasteiger partial charge >= 0.3 is 0 Å². The molecule has 0 bridgehead atoms. The smallest absolute Gasteiger partial charge is 0.188 e. The van der Waals surface area contributed by atoms with E-state index in [1.165, 1.54) is 13.2 Å². The van der Waals surface area contributed by atoms with Gasteiger partial charge in [-0.3, -0.25) is 0 Å². The Morgan fingerprint density at radius 1 is 1.53 bits per heavy atom. The van der Waals surface area contributed by atoms with E-state index in [0.717, 1.165) is 0 Å². The Labute approximate surface area is 120 Å². The summed E-state index contributed by atoms with van der Waals surface area (Å²) in [5.41, 5.74) is -0.396. The molecule has 0 amide bonds. The zero-order valence-corrected chi connectivity index (χ0v) is 12.5. The second kappa shape index (κ2) is 5.04. The van der Waals surface area contributed by atoms with Gasteiger partial charge in [0.25, 0.3) is 0 Å². The second-order valence-electron chi connectivity index (χ2n) is 4.13. The maximum Gasteiger partial charge on any atom is 0.188 e. The van der Waals surface area contributed by atoms with Crippen molar-refractivity contribution in [3.05, 3.63) is 39.5 Å². The van der Waals surface area contributed by atoms with Crippen molar-refractivity contribution in [2.45, 2.75) is 12.0 Å². The predicted octanol–water partition coefficient (Wildman–Crippen LogP) is 1.91. The first-order valence-corrected chi connectivity index (χ1v) is 7.92. The van der Waals surface area contributed by atoms with Crippen molar-refractivity contribution < 1.29 is 13.2 Å². The SMILES string of the molecule is COC1(c2cccc(Br)n2)C=C(C#N)S(=O)(=O)CC1. The molecule has 1 aromatic heterocycles. The molecular weight excluding hydrogens is 332 g/mol. The fraction of sp³-hybridized carbons (Fsp3) is 0.333. The average Bonchev–Trinajstić information content (AvgIpc) is 2.39. The minimum atomic E-state index is -3.49. The first-order valence-electron chi connectivity index (χ1n) is 5.47. The second-order valence-corrected chi connectivity index (χ2v) is 7.02. The van der Waals surface area contributed by atoms with Crippen LogP contribution in [-0.4, -0.2) is 26.3 Å². The van der Waals surface area contributed by atoms with Gasteiger partial charge in [0, 0.05) is 13.5 Å². The van der Waals surface area contributed by atoms with E-state index in [1.807, 2.05) is 0 Å². The Kier molecular flexibility index (Phi) is 3.76. The van der Waals surface area contributed by atoms with E-state index in [2.05, 4.69) is 20.9 Å². The van der Waals surface area contributed by atoms with Gasteiger partial charge in [-0.15, -0.1) is 0 Å². The molecular formula is C12H11BrN2O3S. The number of methoxy groups -OCH3 is 1. The first-order chi connectivity index (χ1) is 8.93. The molecule has 0 spiro atoms. The van der Waals surface area contributed by atoms with Crippen LogP contribution in [-0.2, 0) is 20.2 Å². The maximum absolute atomic E-state index is 11.7. The molecule has 1 aliphatic heterocycles. The van der Waals surface area contributed by atoms with E-state index in [4.69, 9.17) is 10.00 Å². The molecule has 1 unspecified atom stereocenters. The highest BCUT2D eigenvalue weighted by Crippen LogP contribution is 2.36. The molecule has 7 heteroatoms. The molecule has 2 rings (SSSR count). The summed E-state index contributed by atoms with van der Waals surface area (Å²) < 4.78 is 29.6. The topological polar surface area (TPSA) is 80.0 Å². The number of sulfone groups is 1. The molecule has 5 nitrogen and oxygen atoms in total. The van der Waals surface area contributed by atoms with Gasteiger partial charge in [-0.25, -0.2) is 13.4 Å². The minimum Gasteiger partial charge on any atom is -0.368 e. The number of nitrogens with zero attached hydrogens (tertiary/aromatic N) is 2. The molecule has 0 N–H and O–H groups in total. The summed E-state index contributed by atoms with van der Waals surface area (Å²) in [5.74, 6) is -0.131. The summed E-state index contributed by atoms with van der Waals surface area (Å²) in [7, 11) is -2.01. The average molecular weight is 343 g/mol. The van der Waals surface area contributed by atoms with Gasteiger partial charge in [0.15, 0.2) is 9.84 Å². The molecule has 0 saturated heterocycles. The Balaban J connectivity index is 2.61. The van der Waals surface area contributed by atoms with Gasteiger partial charge < -0.3 is 4.74 Å². The largest absolute Gasteiger partial charge is 0.368 e. The molecule has 1 atom stereocenters. The van der Waals surface area contributed by atoms with Crippen LogP contribution in [0.15, 0.2) is 33.8 Å². The molecule has 100 valence electrons. The van der Waals surface area contributed by atoms with Crippen molar-refractivity contribution in [2.75, 3.05) is 12.9 Å². The standard InChI is InChI=1S/C12H11BrN2O3S/c1-18-12(10-3-2-4-11(13)15-10)5-6-19(16,17)9(7-12)8-14/h2-4,7H,5-6H2,1H3. The molecule has 0 fully saturated rings. The van der Waals surface area contributed by atoms with E-state index >= 15 is 0 Å². The van der Waals surface area contributed by atoms with E-state index in [0.29, 0.717) is 10.3 Å². The van der Waals surface area contributed by atoms with Crippen LogP contribution < -0.4 is 0 Å². The lowest BCUT2D eigenvalue weighted by atomic mass is 9.94. The Bertz CT molecular complexity index is 678. The van der Waals surface area contributed by atoms with Gasteiger partial charge in [0.2, 0.25) is 0 Å². The van der Waals surface area contributed by atoms with Crippen LogP contribution in [0.1, 0.15) is 12.1 Å². The highest BCUT2D eigenvalue weighted by Gasteiger charge is 2.40. The molecule has 0 aliphatic carbocycles. The van der Waals surface area contributed by atoms with Crippen molar-refractivity contribution in [1.29, 1.82) is 5.26 Å². The molecule has 19 heavy (non-hydrogen) atoms. The van der Waals surface area contributed by atoms with E-state index in [9.17, 15) is 8.42 Å². The van der Waals surface area contributed by atoms with Crippen molar-refractivity contribution in [3.63, 3.8) is 0 Å². The van der Waals surface area contributed by atoms with Gasteiger partial charge in [0.05, 0.1) is 11.4 Å². The lowest BCUT2D eigenvalue weighted by molar-refractivity contribution is 0.0213. The lowest BCUT2D eigenvalue weighted by Crippen LogP contribution is -2.35. The summed E-state index contributed by atoms with van der Waals surface area (Å²) in [6, 6.07) is 7.02. The van der Waals surface area contributed by atoms with Crippen LogP contribution in [0.3, 0.4) is 0 Å². The molecule has 0 saturated carbocycles. The van der Waals surface area contributed by atoms with Gasteiger partial charge in [-0.05, 0) is 34.1 Å². The van der Waals surface area contributed by atoms with Gasteiger partial charge in [-0.1, -0.05) is 6.07 Å². The summed E-state index contributed by atoms with van der Waals surface area (Å²) in [5, 5.41) is 8.97. The summed E-state index contributed by atoms with van der Waals surface area (Å²) in [4.78, 5) is 4.04. The zero-order chi connectivity index (χ0) is 14.1. The number of aromatic nitrogens is 1. The van der Waals surface area contributed by atoms with Crippen molar-refractivity contribution in [2.24, 2.45) is 0 Å².